The summed E-state index contributed by atoms with van der Waals surface area (Å²) < 4.78 is 1.89. The molecule has 33 heavy (non-hydrogen) atoms. The van der Waals surface area contributed by atoms with Gasteiger partial charge < -0.3 is 5.32 Å². The number of nitrogens with one attached hydrogen (secondary N) is 1. The maximum absolute atomic E-state index is 12.7. The van der Waals surface area contributed by atoms with Gasteiger partial charge in [0.1, 0.15) is 5.69 Å². The molecule has 0 fully saturated rings. The Labute approximate surface area is 193 Å². The molecular formula is C26H28N6O. The summed E-state index contributed by atoms with van der Waals surface area (Å²) in [5.74, 6) is -0.0370. The highest BCUT2D eigenvalue weighted by molar-refractivity contribution is 6.00. The Morgan fingerprint density at radius 3 is 2.33 bits per heavy atom. The van der Waals surface area contributed by atoms with Crippen LogP contribution in [0.1, 0.15) is 42.5 Å². The summed E-state index contributed by atoms with van der Waals surface area (Å²) in [4.78, 5) is 21.0. The van der Waals surface area contributed by atoms with E-state index in [-0.39, 0.29) is 5.91 Å². The number of hydrogen-bond donors (Lipinski definition) is 1. The van der Waals surface area contributed by atoms with Gasteiger partial charge in [0.15, 0.2) is 0 Å². The van der Waals surface area contributed by atoms with Crippen molar-refractivity contribution in [3.8, 4) is 22.4 Å². The lowest BCUT2D eigenvalue weighted by Crippen LogP contribution is -2.25. The number of carbonyl (C=O) groups excluding carboxylic acids is 1. The number of pyridine rings is 2. The quantitative estimate of drug-likeness (QED) is 0.339. The Kier molecular flexibility index (Phi) is 7.89. The number of unbranched alkanes of at least 4 members (excludes halogenated alkanes) is 4. The lowest BCUT2D eigenvalue weighted by Gasteiger charge is -2.10. The van der Waals surface area contributed by atoms with Crippen LogP contribution in [-0.2, 0) is 6.54 Å². The maximum Gasteiger partial charge on any atom is 0.251 e. The smallest absolute Gasteiger partial charge is 0.251 e. The predicted octanol–water partition coefficient (Wildman–Crippen LogP) is 4.78. The first-order valence-corrected chi connectivity index (χ1v) is 11.4. The average molecular weight is 441 g/mol. The van der Waals surface area contributed by atoms with Crippen LogP contribution in [0.15, 0.2) is 79.5 Å². The summed E-state index contributed by atoms with van der Waals surface area (Å²) in [6.45, 7) is 1.53. The van der Waals surface area contributed by atoms with Crippen molar-refractivity contribution in [1.82, 2.24) is 30.3 Å². The van der Waals surface area contributed by atoms with Gasteiger partial charge in [-0.2, -0.15) is 0 Å². The SMILES string of the molecule is O=C(NCCCCCCCn1cc(-c2cccnc2)nn1)c1ccccc1-c1cccnc1. The topological polar surface area (TPSA) is 85.6 Å². The van der Waals surface area contributed by atoms with Crippen molar-refractivity contribution in [1.29, 1.82) is 0 Å². The van der Waals surface area contributed by atoms with Crippen molar-refractivity contribution in [3.05, 3.63) is 85.1 Å². The number of aromatic nitrogens is 5. The first-order chi connectivity index (χ1) is 16.3. The normalized spacial score (nSPS) is 10.8. The largest absolute Gasteiger partial charge is 0.352 e. The highest BCUT2D eigenvalue weighted by Gasteiger charge is 2.11. The van der Waals surface area contributed by atoms with Crippen LogP contribution < -0.4 is 5.32 Å². The van der Waals surface area contributed by atoms with Gasteiger partial charge in [0, 0.05) is 54.6 Å². The van der Waals surface area contributed by atoms with Crippen molar-refractivity contribution < 1.29 is 4.79 Å². The van der Waals surface area contributed by atoms with Gasteiger partial charge in [-0.1, -0.05) is 48.7 Å². The summed E-state index contributed by atoms with van der Waals surface area (Å²) in [6.07, 6.45) is 14.4. The fraction of sp³-hybridized carbons (Fsp3) is 0.269. The molecule has 3 heterocycles. The minimum Gasteiger partial charge on any atom is -0.352 e. The molecule has 4 aromatic rings. The molecule has 1 amide bonds. The molecule has 7 heteroatoms. The molecule has 4 rings (SSSR count). The Balaban J connectivity index is 1.13. The van der Waals surface area contributed by atoms with E-state index in [2.05, 4.69) is 25.6 Å². The van der Waals surface area contributed by atoms with Gasteiger partial charge in [0.25, 0.3) is 5.91 Å². The molecule has 0 aliphatic rings. The molecule has 0 aliphatic carbocycles. The van der Waals surface area contributed by atoms with Crippen molar-refractivity contribution in [2.75, 3.05) is 6.54 Å². The summed E-state index contributed by atoms with van der Waals surface area (Å²) in [5.41, 5.74) is 4.37. The lowest BCUT2D eigenvalue weighted by atomic mass is 10.0. The molecular weight excluding hydrogens is 412 g/mol. The second-order valence-electron chi connectivity index (χ2n) is 7.92. The summed E-state index contributed by atoms with van der Waals surface area (Å²) in [5, 5.41) is 11.5. The van der Waals surface area contributed by atoms with Crippen LogP contribution in [0.5, 0.6) is 0 Å². The van der Waals surface area contributed by atoms with Gasteiger partial charge in [-0.25, -0.2) is 0 Å². The number of benzene rings is 1. The van der Waals surface area contributed by atoms with E-state index in [1.807, 2.05) is 59.4 Å². The minimum atomic E-state index is -0.0370. The van der Waals surface area contributed by atoms with E-state index >= 15 is 0 Å². The third kappa shape index (κ3) is 6.32. The number of amides is 1. The Morgan fingerprint density at radius 2 is 1.55 bits per heavy atom. The molecule has 0 radical (unpaired) electrons. The molecule has 168 valence electrons. The zero-order valence-corrected chi connectivity index (χ0v) is 18.6. The molecule has 0 bridgehead atoms. The highest BCUT2D eigenvalue weighted by atomic mass is 16.1. The second kappa shape index (κ2) is 11.7. The average Bonchev–Trinajstić information content (AvgIpc) is 3.35. The van der Waals surface area contributed by atoms with Gasteiger partial charge in [-0.3, -0.25) is 19.4 Å². The number of hydrogen-bond acceptors (Lipinski definition) is 5. The van der Waals surface area contributed by atoms with E-state index in [0.717, 1.165) is 61.0 Å². The van der Waals surface area contributed by atoms with Crippen molar-refractivity contribution >= 4 is 5.91 Å². The van der Waals surface area contributed by atoms with Crippen LogP contribution in [0.2, 0.25) is 0 Å². The molecule has 0 saturated heterocycles. The molecule has 0 atom stereocenters. The van der Waals surface area contributed by atoms with Crippen molar-refractivity contribution in [2.24, 2.45) is 0 Å². The fourth-order valence-electron chi connectivity index (χ4n) is 3.74. The van der Waals surface area contributed by atoms with Crippen LogP contribution in [0.25, 0.3) is 22.4 Å². The first-order valence-electron chi connectivity index (χ1n) is 11.4. The zero-order valence-electron chi connectivity index (χ0n) is 18.6. The van der Waals surface area contributed by atoms with Crippen LogP contribution in [0.4, 0.5) is 0 Å². The Morgan fingerprint density at radius 1 is 0.818 bits per heavy atom. The van der Waals surface area contributed by atoms with Gasteiger partial charge in [-0.15, -0.1) is 5.10 Å². The standard InChI is InChI=1S/C26H28N6O/c33-26(24-13-5-4-12-23(24)21-10-8-14-27-18-21)29-16-6-2-1-3-7-17-32-20-25(30-31-32)22-11-9-15-28-19-22/h4-5,8-15,18-20H,1-3,6-7,16-17H2,(H,29,33). The Bertz CT molecular complexity index is 1140. The van der Waals surface area contributed by atoms with Crippen molar-refractivity contribution in [2.45, 2.75) is 38.6 Å². The second-order valence-corrected chi connectivity index (χ2v) is 7.92. The van der Waals surface area contributed by atoms with Gasteiger partial charge >= 0.3 is 0 Å². The van der Waals surface area contributed by atoms with Gasteiger partial charge in [0.2, 0.25) is 0 Å². The molecule has 1 aromatic carbocycles. The number of carbonyl (C=O) groups is 1. The highest BCUT2D eigenvalue weighted by Crippen LogP contribution is 2.22. The van der Waals surface area contributed by atoms with Gasteiger partial charge in [0.05, 0.1) is 6.20 Å². The number of aryl methyl sites for hydroxylation is 1. The third-order valence-corrected chi connectivity index (χ3v) is 5.49. The lowest BCUT2D eigenvalue weighted by molar-refractivity contribution is 0.0953. The summed E-state index contributed by atoms with van der Waals surface area (Å²) in [6, 6.07) is 15.4. The summed E-state index contributed by atoms with van der Waals surface area (Å²) in [7, 11) is 0. The van der Waals surface area contributed by atoms with Gasteiger partial charge in [-0.05, 0) is 42.7 Å². The van der Waals surface area contributed by atoms with Crippen LogP contribution in [0, 0.1) is 0 Å². The minimum absolute atomic E-state index is 0.0370. The van der Waals surface area contributed by atoms with Crippen molar-refractivity contribution in [3.63, 3.8) is 0 Å². The fourth-order valence-corrected chi connectivity index (χ4v) is 3.74. The van der Waals surface area contributed by atoms with E-state index in [4.69, 9.17) is 0 Å². The molecule has 0 aliphatic heterocycles. The van der Waals surface area contributed by atoms with E-state index in [9.17, 15) is 4.79 Å². The summed E-state index contributed by atoms with van der Waals surface area (Å²) >= 11 is 0. The number of rotatable bonds is 11. The molecule has 3 aromatic heterocycles. The predicted molar refractivity (Wildman–Crippen MR) is 128 cm³/mol. The van der Waals surface area contributed by atoms with Crippen LogP contribution in [-0.4, -0.2) is 37.4 Å². The Hall–Kier alpha value is -3.87. The van der Waals surface area contributed by atoms with E-state index in [0.29, 0.717) is 12.1 Å². The van der Waals surface area contributed by atoms with Crippen LogP contribution >= 0.6 is 0 Å². The molecule has 0 unspecified atom stereocenters. The van der Waals surface area contributed by atoms with E-state index < -0.39 is 0 Å². The first kappa shape index (κ1) is 22.3. The zero-order chi connectivity index (χ0) is 22.7. The monoisotopic (exact) mass is 440 g/mol. The van der Waals surface area contributed by atoms with E-state index in [1.165, 1.54) is 0 Å². The molecule has 0 saturated carbocycles. The molecule has 1 N–H and O–H groups in total. The number of nitrogens with zero attached hydrogens (tertiary/aromatic N) is 5. The third-order valence-electron chi connectivity index (χ3n) is 5.49. The molecule has 7 nitrogen and oxygen atoms in total. The maximum atomic E-state index is 12.7. The van der Waals surface area contributed by atoms with E-state index in [1.54, 1.807) is 24.8 Å². The van der Waals surface area contributed by atoms with Crippen LogP contribution in [0.3, 0.4) is 0 Å². The molecule has 0 spiro atoms.